The maximum absolute atomic E-state index is 11.7. The fourth-order valence-electron chi connectivity index (χ4n) is 1.33. The first-order valence-electron chi connectivity index (χ1n) is 5.24. The van der Waals surface area contributed by atoms with E-state index >= 15 is 0 Å². The molecule has 0 aromatic rings. The average molecular weight is 216 g/mol. The van der Waals surface area contributed by atoms with Crippen molar-refractivity contribution in [1.29, 1.82) is 0 Å². The average Bonchev–Trinajstić information content (AvgIpc) is 2.25. The minimum absolute atomic E-state index is 0.297. The van der Waals surface area contributed by atoms with Gasteiger partial charge in [-0.3, -0.25) is 4.79 Å². The number of methoxy groups -OCH3 is 1. The summed E-state index contributed by atoms with van der Waals surface area (Å²) in [5, 5.41) is 0. The molecule has 0 radical (unpaired) electrons. The van der Waals surface area contributed by atoms with Crippen LogP contribution in [0.2, 0.25) is 0 Å². The molecule has 0 saturated carbocycles. The van der Waals surface area contributed by atoms with Crippen molar-refractivity contribution >= 4 is 11.9 Å². The SMILES string of the molecule is CCCC(C)(CC)C(=O)OCC(=O)OC. The highest BCUT2D eigenvalue weighted by molar-refractivity contribution is 5.80. The molecule has 0 amide bonds. The molecule has 0 rings (SSSR count). The van der Waals surface area contributed by atoms with Crippen LogP contribution in [0, 0.1) is 5.41 Å². The molecular weight excluding hydrogens is 196 g/mol. The summed E-state index contributed by atoms with van der Waals surface area (Å²) in [5.74, 6) is -0.851. The standard InChI is InChI=1S/C11H20O4/c1-5-7-11(3,6-2)10(13)15-8-9(12)14-4/h5-8H2,1-4H3. The van der Waals surface area contributed by atoms with Crippen molar-refractivity contribution in [3.8, 4) is 0 Å². The molecule has 0 aliphatic carbocycles. The van der Waals surface area contributed by atoms with Gasteiger partial charge < -0.3 is 9.47 Å². The normalized spacial score (nSPS) is 14.1. The summed E-state index contributed by atoms with van der Waals surface area (Å²) >= 11 is 0. The van der Waals surface area contributed by atoms with Crippen LogP contribution in [0.4, 0.5) is 0 Å². The van der Waals surface area contributed by atoms with Crippen LogP contribution < -0.4 is 0 Å². The first-order valence-corrected chi connectivity index (χ1v) is 5.24. The van der Waals surface area contributed by atoms with Crippen molar-refractivity contribution in [2.75, 3.05) is 13.7 Å². The second-order valence-corrected chi connectivity index (χ2v) is 3.82. The zero-order chi connectivity index (χ0) is 11.9. The summed E-state index contributed by atoms with van der Waals surface area (Å²) < 4.78 is 9.28. The molecule has 4 nitrogen and oxygen atoms in total. The van der Waals surface area contributed by atoms with Gasteiger partial charge in [0.25, 0.3) is 0 Å². The predicted molar refractivity (Wildman–Crippen MR) is 56.3 cm³/mol. The molecule has 0 bridgehead atoms. The largest absolute Gasteiger partial charge is 0.466 e. The Kier molecular flexibility index (Phi) is 5.97. The number of ether oxygens (including phenoxy) is 2. The lowest BCUT2D eigenvalue weighted by Crippen LogP contribution is -2.31. The van der Waals surface area contributed by atoms with Gasteiger partial charge in [-0.05, 0) is 19.8 Å². The van der Waals surface area contributed by atoms with Gasteiger partial charge in [-0.1, -0.05) is 20.3 Å². The Labute approximate surface area is 90.9 Å². The molecule has 0 heterocycles. The second kappa shape index (κ2) is 6.43. The second-order valence-electron chi connectivity index (χ2n) is 3.82. The monoisotopic (exact) mass is 216 g/mol. The summed E-state index contributed by atoms with van der Waals surface area (Å²) in [6, 6.07) is 0. The minimum Gasteiger partial charge on any atom is -0.466 e. The zero-order valence-electron chi connectivity index (χ0n) is 9.96. The van der Waals surface area contributed by atoms with Crippen molar-refractivity contribution in [1.82, 2.24) is 0 Å². The van der Waals surface area contributed by atoms with Crippen molar-refractivity contribution in [2.24, 2.45) is 5.41 Å². The predicted octanol–water partition coefficient (Wildman–Crippen LogP) is 1.92. The molecule has 1 atom stereocenters. The van der Waals surface area contributed by atoms with Gasteiger partial charge in [-0.25, -0.2) is 4.79 Å². The molecule has 0 aliphatic rings. The number of hydrogen-bond donors (Lipinski definition) is 0. The van der Waals surface area contributed by atoms with Gasteiger partial charge in [0, 0.05) is 0 Å². The topological polar surface area (TPSA) is 52.6 Å². The smallest absolute Gasteiger partial charge is 0.344 e. The van der Waals surface area contributed by atoms with Crippen LogP contribution in [0.5, 0.6) is 0 Å². The summed E-state index contributed by atoms with van der Waals surface area (Å²) in [5.41, 5.74) is -0.483. The van der Waals surface area contributed by atoms with Crippen molar-refractivity contribution in [2.45, 2.75) is 40.0 Å². The molecule has 0 N–H and O–H groups in total. The van der Waals surface area contributed by atoms with Gasteiger partial charge in [0.1, 0.15) is 0 Å². The third-order valence-electron chi connectivity index (χ3n) is 2.62. The van der Waals surface area contributed by atoms with Gasteiger partial charge in [-0.2, -0.15) is 0 Å². The lowest BCUT2D eigenvalue weighted by molar-refractivity contribution is -0.164. The Bertz CT molecular complexity index is 225. The third-order valence-corrected chi connectivity index (χ3v) is 2.62. The number of carbonyl (C=O) groups excluding carboxylic acids is 2. The summed E-state index contributed by atoms with van der Waals surface area (Å²) in [6.45, 7) is 5.52. The highest BCUT2D eigenvalue weighted by atomic mass is 16.6. The Morgan fingerprint density at radius 3 is 2.27 bits per heavy atom. The van der Waals surface area contributed by atoms with Crippen LogP contribution in [0.1, 0.15) is 40.0 Å². The van der Waals surface area contributed by atoms with E-state index in [1.165, 1.54) is 7.11 Å². The molecule has 1 unspecified atom stereocenters. The summed E-state index contributed by atoms with van der Waals surface area (Å²) in [6.07, 6.45) is 2.39. The summed E-state index contributed by atoms with van der Waals surface area (Å²) in [4.78, 5) is 22.5. The van der Waals surface area contributed by atoms with E-state index in [1.54, 1.807) is 0 Å². The summed E-state index contributed by atoms with van der Waals surface area (Å²) in [7, 11) is 1.27. The molecule has 15 heavy (non-hydrogen) atoms. The van der Waals surface area contributed by atoms with Gasteiger partial charge in [-0.15, -0.1) is 0 Å². The lowest BCUT2D eigenvalue weighted by atomic mass is 9.83. The highest BCUT2D eigenvalue weighted by Crippen LogP contribution is 2.28. The van der Waals surface area contributed by atoms with Crippen LogP contribution in [-0.4, -0.2) is 25.7 Å². The van der Waals surface area contributed by atoms with Crippen LogP contribution in [0.3, 0.4) is 0 Å². The van der Waals surface area contributed by atoms with Gasteiger partial charge in [0.05, 0.1) is 12.5 Å². The van der Waals surface area contributed by atoms with E-state index in [4.69, 9.17) is 4.74 Å². The third kappa shape index (κ3) is 4.32. The van der Waals surface area contributed by atoms with E-state index in [0.717, 1.165) is 12.8 Å². The van der Waals surface area contributed by atoms with Crippen molar-refractivity contribution < 1.29 is 19.1 Å². The molecule has 0 spiro atoms. The van der Waals surface area contributed by atoms with Crippen LogP contribution in [-0.2, 0) is 19.1 Å². The van der Waals surface area contributed by atoms with Crippen molar-refractivity contribution in [3.05, 3.63) is 0 Å². The number of esters is 2. The zero-order valence-corrected chi connectivity index (χ0v) is 9.96. The molecule has 0 aliphatic heterocycles. The Morgan fingerprint density at radius 2 is 1.87 bits per heavy atom. The van der Waals surface area contributed by atoms with Gasteiger partial charge >= 0.3 is 11.9 Å². The van der Waals surface area contributed by atoms with Gasteiger partial charge in [0.15, 0.2) is 6.61 Å². The fourth-order valence-corrected chi connectivity index (χ4v) is 1.33. The maximum Gasteiger partial charge on any atom is 0.344 e. The molecule has 4 heteroatoms. The quantitative estimate of drug-likeness (QED) is 0.636. The van der Waals surface area contributed by atoms with Crippen LogP contribution in [0.15, 0.2) is 0 Å². The van der Waals surface area contributed by atoms with Gasteiger partial charge in [0.2, 0.25) is 0 Å². The fraction of sp³-hybridized carbons (Fsp3) is 0.818. The van der Waals surface area contributed by atoms with E-state index in [-0.39, 0.29) is 12.6 Å². The minimum atomic E-state index is -0.529. The highest BCUT2D eigenvalue weighted by Gasteiger charge is 2.32. The maximum atomic E-state index is 11.7. The Balaban J connectivity index is 4.21. The Hall–Kier alpha value is -1.06. The number of carbonyl (C=O) groups is 2. The first-order chi connectivity index (χ1) is 7.00. The van der Waals surface area contributed by atoms with E-state index < -0.39 is 11.4 Å². The van der Waals surface area contributed by atoms with Crippen molar-refractivity contribution in [3.63, 3.8) is 0 Å². The number of rotatable bonds is 6. The van der Waals surface area contributed by atoms with E-state index in [0.29, 0.717) is 6.42 Å². The number of hydrogen-bond acceptors (Lipinski definition) is 4. The molecule has 88 valence electrons. The molecule has 0 saturated heterocycles. The van der Waals surface area contributed by atoms with Crippen LogP contribution in [0.25, 0.3) is 0 Å². The van der Waals surface area contributed by atoms with Crippen LogP contribution >= 0.6 is 0 Å². The van der Waals surface area contributed by atoms with E-state index in [1.807, 2.05) is 20.8 Å². The molecule has 0 fully saturated rings. The van der Waals surface area contributed by atoms with E-state index in [2.05, 4.69) is 4.74 Å². The lowest BCUT2D eigenvalue weighted by Gasteiger charge is -2.24. The van der Waals surface area contributed by atoms with E-state index in [9.17, 15) is 9.59 Å². The molecule has 0 aromatic carbocycles. The molecular formula is C11H20O4. The first kappa shape index (κ1) is 13.9. The molecule has 0 aromatic heterocycles. The Morgan fingerprint density at radius 1 is 1.27 bits per heavy atom.